The van der Waals surface area contributed by atoms with Crippen LogP contribution in [0.25, 0.3) is 11.0 Å². The Morgan fingerprint density at radius 1 is 1.08 bits per heavy atom. The Labute approximate surface area is 153 Å². The largest absolute Gasteiger partial charge is 0.445 e. The van der Waals surface area contributed by atoms with Crippen molar-refractivity contribution in [1.29, 1.82) is 0 Å². The number of rotatable bonds is 3. The van der Waals surface area contributed by atoms with Crippen molar-refractivity contribution in [1.82, 2.24) is 0 Å². The molecule has 3 aromatic rings. The van der Waals surface area contributed by atoms with Crippen molar-refractivity contribution in [3.8, 4) is 5.75 Å². The molecule has 26 heavy (non-hydrogen) atoms. The molecule has 2 heterocycles. The van der Waals surface area contributed by atoms with Crippen LogP contribution < -0.4 is 15.3 Å². The molecule has 1 aliphatic heterocycles. The Balaban J connectivity index is 1.66. The molecule has 0 fully saturated rings. The van der Waals surface area contributed by atoms with E-state index in [0.717, 1.165) is 35.4 Å². The molecular weight excluding hydrogens is 326 g/mol. The number of fused-ring (bicyclic) bond motifs is 3. The van der Waals surface area contributed by atoms with Gasteiger partial charge in [-0.3, -0.25) is 4.90 Å². The molecule has 4 heteroatoms. The molecule has 134 valence electrons. The van der Waals surface area contributed by atoms with E-state index in [1.54, 1.807) is 0 Å². The molecule has 1 unspecified atom stereocenters. The maximum absolute atomic E-state index is 12.2. The first-order valence-electron chi connectivity index (χ1n) is 9.12. The van der Waals surface area contributed by atoms with E-state index in [4.69, 9.17) is 9.15 Å². The Bertz CT molecular complexity index is 1010. The quantitative estimate of drug-likeness (QED) is 0.739. The van der Waals surface area contributed by atoms with Crippen LogP contribution in [0.5, 0.6) is 5.75 Å². The predicted octanol–water partition coefficient (Wildman–Crippen LogP) is 2.95. The summed E-state index contributed by atoms with van der Waals surface area (Å²) >= 11 is 0. The van der Waals surface area contributed by atoms with Crippen LogP contribution in [0.15, 0.2) is 51.7 Å². The minimum atomic E-state index is -0.256. The maximum atomic E-state index is 12.2. The van der Waals surface area contributed by atoms with E-state index in [-0.39, 0.29) is 5.63 Å². The van der Waals surface area contributed by atoms with Crippen LogP contribution in [0.3, 0.4) is 0 Å². The molecular formula is C22H24NO3+. The van der Waals surface area contributed by atoms with Gasteiger partial charge in [0.1, 0.15) is 12.3 Å². The Morgan fingerprint density at radius 2 is 1.85 bits per heavy atom. The van der Waals surface area contributed by atoms with E-state index in [1.807, 2.05) is 32.0 Å². The Kier molecular flexibility index (Phi) is 4.29. The summed E-state index contributed by atoms with van der Waals surface area (Å²) in [6, 6.07) is 14.5. The third-order valence-electron chi connectivity index (χ3n) is 5.51. The summed E-state index contributed by atoms with van der Waals surface area (Å²) in [4.78, 5) is 13.5. The highest BCUT2D eigenvalue weighted by molar-refractivity contribution is 5.85. The van der Waals surface area contributed by atoms with E-state index < -0.39 is 0 Å². The zero-order valence-corrected chi connectivity index (χ0v) is 15.5. The number of benzene rings is 2. The van der Waals surface area contributed by atoms with Gasteiger partial charge in [-0.1, -0.05) is 37.3 Å². The molecule has 4 nitrogen and oxygen atoms in total. The van der Waals surface area contributed by atoms with Gasteiger partial charge in [0.05, 0.1) is 12.1 Å². The van der Waals surface area contributed by atoms with E-state index >= 15 is 0 Å². The topological polar surface area (TPSA) is 43.9 Å². The van der Waals surface area contributed by atoms with Gasteiger partial charge in [-0.25, -0.2) is 4.79 Å². The second-order valence-corrected chi connectivity index (χ2v) is 7.29. The van der Waals surface area contributed by atoms with Gasteiger partial charge in [0.2, 0.25) is 6.73 Å². The van der Waals surface area contributed by atoms with Gasteiger partial charge in [-0.2, -0.15) is 0 Å². The number of hydrogen-bond donors (Lipinski definition) is 1. The standard InChI is InChI=1S/C22H23NO3/c1-14(17-7-5-4-6-8-17)11-23-12-19-20(25-13-23)10-9-18-15(2)16(3)22(24)26-21(18)19/h4-10,14H,11-13H2,1-3H3/p+1/t14-/m0/s1. The van der Waals surface area contributed by atoms with E-state index in [9.17, 15) is 4.79 Å². The Morgan fingerprint density at radius 3 is 2.62 bits per heavy atom. The van der Waals surface area contributed by atoms with Crippen LogP contribution in [0.2, 0.25) is 0 Å². The first kappa shape index (κ1) is 16.9. The average Bonchev–Trinajstić information content (AvgIpc) is 2.67. The number of hydrogen-bond acceptors (Lipinski definition) is 3. The summed E-state index contributed by atoms with van der Waals surface area (Å²) in [7, 11) is 0. The smallest absolute Gasteiger partial charge is 0.339 e. The molecule has 2 atom stereocenters. The van der Waals surface area contributed by atoms with Crippen LogP contribution in [-0.2, 0) is 6.54 Å². The van der Waals surface area contributed by atoms with Crippen LogP contribution in [-0.4, -0.2) is 13.3 Å². The Hall–Kier alpha value is -2.59. The molecule has 0 aliphatic carbocycles. The molecule has 0 amide bonds. The third kappa shape index (κ3) is 2.90. The fourth-order valence-electron chi connectivity index (χ4n) is 3.79. The molecule has 1 N–H and O–H groups in total. The highest BCUT2D eigenvalue weighted by Gasteiger charge is 2.26. The van der Waals surface area contributed by atoms with Gasteiger partial charge in [-0.05, 0) is 37.1 Å². The van der Waals surface area contributed by atoms with Gasteiger partial charge in [0, 0.05) is 16.9 Å². The summed E-state index contributed by atoms with van der Waals surface area (Å²) in [6.45, 7) is 8.44. The van der Waals surface area contributed by atoms with Crippen LogP contribution in [0.1, 0.15) is 35.1 Å². The molecule has 2 aromatic carbocycles. The van der Waals surface area contributed by atoms with E-state index in [2.05, 4.69) is 31.2 Å². The first-order valence-corrected chi connectivity index (χ1v) is 9.12. The molecule has 4 rings (SSSR count). The molecule has 1 aliphatic rings. The highest BCUT2D eigenvalue weighted by Crippen LogP contribution is 2.30. The zero-order valence-electron chi connectivity index (χ0n) is 15.5. The summed E-state index contributed by atoms with van der Waals surface area (Å²) in [5.74, 6) is 1.27. The van der Waals surface area contributed by atoms with Crippen molar-refractivity contribution in [3.63, 3.8) is 0 Å². The van der Waals surface area contributed by atoms with Crippen LogP contribution >= 0.6 is 0 Å². The van der Waals surface area contributed by atoms with Crippen LogP contribution in [0.4, 0.5) is 0 Å². The van der Waals surface area contributed by atoms with Crippen molar-refractivity contribution in [2.24, 2.45) is 0 Å². The van der Waals surface area contributed by atoms with Crippen molar-refractivity contribution in [3.05, 3.63) is 75.1 Å². The molecule has 1 aromatic heterocycles. The fraction of sp³-hybridized carbons (Fsp3) is 0.318. The van der Waals surface area contributed by atoms with Gasteiger partial charge < -0.3 is 9.15 Å². The molecule has 0 bridgehead atoms. The van der Waals surface area contributed by atoms with Crippen LogP contribution in [0, 0.1) is 13.8 Å². The summed E-state index contributed by atoms with van der Waals surface area (Å²) in [6.07, 6.45) is 0. The molecule has 0 spiro atoms. The summed E-state index contributed by atoms with van der Waals surface area (Å²) in [5, 5.41) is 1.00. The lowest BCUT2D eigenvalue weighted by Crippen LogP contribution is -3.12. The molecule has 0 saturated carbocycles. The van der Waals surface area contributed by atoms with E-state index in [1.165, 1.54) is 10.5 Å². The summed E-state index contributed by atoms with van der Waals surface area (Å²) in [5.41, 5.74) is 4.43. The summed E-state index contributed by atoms with van der Waals surface area (Å²) < 4.78 is 11.7. The predicted molar refractivity (Wildman–Crippen MR) is 102 cm³/mol. The first-order chi connectivity index (χ1) is 12.5. The maximum Gasteiger partial charge on any atom is 0.339 e. The number of nitrogens with one attached hydrogen (secondary N) is 1. The fourth-order valence-corrected chi connectivity index (χ4v) is 3.79. The molecule has 0 saturated heterocycles. The van der Waals surface area contributed by atoms with Crippen molar-refractivity contribution >= 4 is 11.0 Å². The van der Waals surface area contributed by atoms with E-state index in [0.29, 0.717) is 23.8 Å². The average molecular weight is 350 g/mol. The minimum Gasteiger partial charge on any atom is -0.445 e. The zero-order chi connectivity index (χ0) is 18.3. The van der Waals surface area contributed by atoms with Crippen molar-refractivity contribution in [2.45, 2.75) is 33.2 Å². The van der Waals surface area contributed by atoms with Crippen molar-refractivity contribution in [2.75, 3.05) is 13.3 Å². The van der Waals surface area contributed by atoms with Crippen molar-refractivity contribution < 1.29 is 14.1 Å². The van der Waals surface area contributed by atoms with Gasteiger partial charge in [0.15, 0.2) is 5.58 Å². The monoisotopic (exact) mass is 350 g/mol. The highest BCUT2D eigenvalue weighted by atomic mass is 16.5. The third-order valence-corrected chi connectivity index (χ3v) is 5.51. The van der Waals surface area contributed by atoms with Gasteiger partial charge in [0.25, 0.3) is 0 Å². The lowest BCUT2D eigenvalue weighted by atomic mass is 9.99. The lowest BCUT2D eigenvalue weighted by molar-refractivity contribution is -0.933. The minimum absolute atomic E-state index is 0.256. The SMILES string of the molecule is Cc1c(C)c2ccc3c(c2oc1=O)C[NH+](C[C@H](C)c1ccccc1)CO3. The number of quaternary nitrogens is 1. The van der Waals surface area contributed by atoms with Gasteiger partial charge in [-0.15, -0.1) is 0 Å². The second-order valence-electron chi connectivity index (χ2n) is 7.29. The lowest BCUT2D eigenvalue weighted by Gasteiger charge is -2.28. The number of aryl methyl sites for hydroxylation is 1. The number of ether oxygens (including phenoxy) is 1. The second kappa shape index (κ2) is 6.61. The van der Waals surface area contributed by atoms with Gasteiger partial charge >= 0.3 is 5.63 Å². The molecule has 0 radical (unpaired) electrons. The normalized spacial score (nSPS) is 17.6.